The third-order valence-electron chi connectivity index (χ3n) is 4.09. The molecule has 0 spiro atoms. The number of likely N-dealkylation sites (N-methyl/N-ethyl adjacent to an activating group) is 1. The maximum Gasteiger partial charge on any atom is 0.0736 e. The molecule has 2 rings (SSSR count). The fraction of sp³-hybridized carbons (Fsp3) is 0.800. The predicted octanol–water partition coefficient (Wildman–Crippen LogP) is 2.16. The smallest absolute Gasteiger partial charge is 0.0736 e. The van der Waals surface area contributed by atoms with Crippen LogP contribution in [-0.2, 0) is 24.1 Å². The van der Waals surface area contributed by atoms with Crippen LogP contribution >= 0.6 is 0 Å². The van der Waals surface area contributed by atoms with Crippen molar-refractivity contribution in [1.82, 2.24) is 15.1 Å². The van der Waals surface area contributed by atoms with Gasteiger partial charge in [-0.05, 0) is 46.2 Å². The van der Waals surface area contributed by atoms with Gasteiger partial charge in [0.25, 0.3) is 0 Å². The molecule has 108 valence electrons. The molecule has 3 atom stereocenters. The Bertz CT molecular complexity index is 402. The van der Waals surface area contributed by atoms with E-state index in [-0.39, 0.29) is 0 Å². The Balaban J connectivity index is 2.07. The van der Waals surface area contributed by atoms with Gasteiger partial charge in [0, 0.05) is 24.7 Å². The van der Waals surface area contributed by atoms with Gasteiger partial charge in [0.1, 0.15) is 0 Å². The Morgan fingerprint density at radius 3 is 2.79 bits per heavy atom. The number of nitrogens with zero attached hydrogens (tertiary/aromatic N) is 2. The third kappa shape index (κ3) is 3.37. The van der Waals surface area contributed by atoms with Crippen LogP contribution in [0.2, 0.25) is 0 Å². The fourth-order valence-electron chi connectivity index (χ4n) is 2.90. The molecule has 4 heteroatoms. The zero-order chi connectivity index (χ0) is 13.8. The first kappa shape index (κ1) is 14.5. The Labute approximate surface area is 116 Å². The van der Waals surface area contributed by atoms with Crippen molar-refractivity contribution in [2.45, 2.75) is 71.2 Å². The monoisotopic (exact) mass is 265 g/mol. The summed E-state index contributed by atoms with van der Waals surface area (Å²) in [6, 6.07) is 2.63. The lowest BCUT2D eigenvalue weighted by atomic mass is 10.0. The topological polar surface area (TPSA) is 39.1 Å². The van der Waals surface area contributed by atoms with Crippen LogP contribution < -0.4 is 5.32 Å². The molecule has 1 aliphatic heterocycles. The summed E-state index contributed by atoms with van der Waals surface area (Å²) >= 11 is 0. The van der Waals surface area contributed by atoms with Gasteiger partial charge in [-0.1, -0.05) is 6.92 Å². The molecule has 1 fully saturated rings. The molecule has 19 heavy (non-hydrogen) atoms. The summed E-state index contributed by atoms with van der Waals surface area (Å²) in [4.78, 5) is 0. The van der Waals surface area contributed by atoms with E-state index in [4.69, 9.17) is 4.74 Å². The molecule has 0 aliphatic carbocycles. The highest BCUT2D eigenvalue weighted by atomic mass is 16.5. The van der Waals surface area contributed by atoms with E-state index < -0.39 is 0 Å². The maximum absolute atomic E-state index is 6.00. The van der Waals surface area contributed by atoms with Crippen molar-refractivity contribution in [2.75, 3.05) is 7.05 Å². The lowest BCUT2D eigenvalue weighted by molar-refractivity contribution is 0.0333. The molecule has 0 aromatic carbocycles. The van der Waals surface area contributed by atoms with Crippen molar-refractivity contribution < 1.29 is 4.74 Å². The van der Waals surface area contributed by atoms with E-state index >= 15 is 0 Å². The van der Waals surface area contributed by atoms with Crippen molar-refractivity contribution in [3.05, 3.63) is 17.5 Å². The predicted molar refractivity (Wildman–Crippen MR) is 77.4 cm³/mol. The van der Waals surface area contributed by atoms with Gasteiger partial charge in [-0.15, -0.1) is 0 Å². The van der Waals surface area contributed by atoms with Gasteiger partial charge in [0.2, 0.25) is 0 Å². The van der Waals surface area contributed by atoms with Crippen LogP contribution in [0.1, 0.15) is 45.0 Å². The highest BCUT2D eigenvalue weighted by molar-refractivity contribution is 5.12. The van der Waals surface area contributed by atoms with Crippen LogP contribution in [0.4, 0.5) is 0 Å². The van der Waals surface area contributed by atoms with E-state index in [0.29, 0.717) is 18.2 Å². The molecule has 0 bridgehead atoms. The Hall–Kier alpha value is -0.870. The summed E-state index contributed by atoms with van der Waals surface area (Å²) in [5.74, 6) is 0. The zero-order valence-electron chi connectivity index (χ0n) is 12.6. The molecule has 3 unspecified atom stereocenters. The Morgan fingerprint density at radius 2 is 2.26 bits per heavy atom. The molecule has 4 nitrogen and oxygen atoms in total. The number of aromatic nitrogens is 2. The average Bonchev–Trinajstić information content (AvgIpc) is 3.01. The SMILES string of the molecule is CCc1cc(CC(NC)C2CCC(C)O2)n(CC)n1. The van der Waals surface area contributed by atoms with Crippen molar-refractivity contribution in [1.29, 1.82) is 0 Å². The van der Waals surface area contributed by atoms with E-state index in [9.17, 15) is 0 Å². The largest absolute Gasteiger partial charge is 0.374 e. The van der Waals surface area contributed by atoms with Gasteiger partial charge in [0.05, 0.1) is 17.9 Å². The summed E-state index contributed by atoms with van der Waals surface area (Å²) in [7, 11) is 2.03. The van der Waals surface area contributed by atoms with Crippen LogP contribution in [0.3, 0.4) is 0 Å². The van der Waals surface area contributed by atoms with Gasteiger partial charge in [-0.2, -0.15) is 5.10 Å². The van der Waals surface area contributed by atoms with Gasteiger partial charge >= 0.3 is 0 Å². The Kier molecular flexibility index (Phi) is 4.99. The number of hydrogen-bond acceptors (Lipinski definition) is 3. The van der Waals surface area contributed by atoms with Gasteiger partial charge < -0.3 is 10.1 Å². The third-order valence-corrected chi connectivity index (χ3v) is 4.09. The number of ether oxygens (including phenoxy) is 1. The molecule has 0 saturated carbocycles. The minimum Gasteiger partial charge on any atom is -0.374 e. The van der Waals surface area contributed by atoms with Crippen molar-refractivity contribution in [2.24, 2.45) is 0 Å². The molecule has 1 aromatic heterocycles. The molecule has 0 amide bonds. The number of rotatable bonds is 6. The highest BCUT2D eigenvalue weighted by Crippen LogP contribution is 2.23. The van der Waals surface area contributed by atoms with Crippen LogP contribution in [0.25, 0.3) is 0 Å². The highest BCUT2D eigenvalue weighted by Gasteiger charge is 2.29. The molecule has 0 radical (unpaired) electrons. The summed E-state index contributed by atoms with van der Waals surface area (Å²) in [5, 5.41) is 8.05. The zero-order valence-corrected chi connectivity index (χ0v) is 12.6. The first-order valence-electron chi connectivity index (χ1n) is 7.56. The molecule has 2 heterocycles. The first-order chi connectivity index (χ1) is 9.17. The summed E-state index contributed by atoms with van der Waals surface area (Å²) in [6.45, 7) is 7.41. The lowest BCUT2D eigenvalue weighted by Crippen LogP contribution is -2.40. The normalized spacial score (nSPS) is 24.8. The number of hydrogen-bond donors (Lipinski definition) is 1. The van der Waals surface area contributed by atoms with Crippen LogP contribution in [0.5, 0.6) is 0 Å². The summed E-state index contributed by atoms with van der Waals surface area (Å²) in [5.41, 5.74) is 2.51. The maximum atomic E-state index is 6.00. The quantitative estimate of drug-likeness (QED) is 0.857. The van der Waals surface area contributed by atoms with Crippen molar-refractivity contribution >= 4 is 0 Å². The molecule has 1 aliphatic rings. The van der Waals surface area contributed by atoms with Crippen LogP contribution in [0, 0.1) is 0 Å². The van der Waals surface area contributed by atoms with E-state index in [2.05, 4.69) is 41.9 Å². The van der Waals surface area contributed by atoms with E-state index in [1.807, 2.05) is 7.05 Å². The lowest BCUT2D eigenvalue weighted by Gasteiger charge is -2.23. The van der Waals surface area contributed by atoms with Gasteiger partial charge in [-0.25, -0.2) is 0 Å². The second-order valence-corrected chi connectivity index (χ2v) is 5.46. The second kappa shape index (κ2) is 6.53. The molecular weight excluding hydrogens is 238 g/mol. The Morgan fingerprint density at radius 1 is 1.47 bits per heavy atom. The van der Waals surface area contributed by atoms with Crippen molar-refractivity contribution in [3.63, 3.8) is 0 Å². The molecule has 1 aromatic rings. The average molecular weight is 265 g/mol. The second-order valence-electron chi connectivity index (χ2n) is 5.46. The minimum atomic E-state index is 0.338. The summed E-state index contributed by atoms with van der Waals surface area (Å²) < 4.78 is 8.13. The van der Waals surface area contributed by atoms with E-state index in [0.717, 1.165) is 25.8 Å². The number of nitrogens with one attached hydrogen (secondary N) is 1. The summed E-state index contributed by atoms with van der Waals surface area (Å²) in [6.07, 6.45) is 5.08. The van der Waals surface area contributed by atoms with Crippen LogP contribution in [0.15, 0.2) is 6.07 Å². The number of aryl methyl sites for hydroxylation is 2. The van der Waals surface area contributed by atoms with E-state index in [1.54, 1.807) is 0 Å². The minimum absolute atomic E-state index is 0.338. The van der Waals surface area contributed by atoms with Crippen molar-refractivity contribution in [3.8, 4) is 0 Å². The van der Waals surface area contributed by atoms with Crippen LogP contribution in [-0.4, -0.2) is 35.1 Å². The van der Waals surface area contributed by atoms with Gasteiger partial charge in [-0.3, -0.25) is 4.68 Å². The van der Waals surface area contributed by atoms with E-state index in [1.165, 1.54) is 17.8 Å². The van der Waals surface area contributed by atoms with Gasteiger partial charge in [0.15, 0.2) is 0 Å². The molecular formula is C15H27N3O. The molecule has 1 N–H and O–H groups in total. The molecule has 1 saturated heterocycles. The standard InChI is InChI=1S/C15H27N3O/c1-5-12-9-13(18(6-2)17-12)10-14(16-4)15-8-7-11(3)19-15/h9,11,14-16H,5-8,10H2,1-4H3. The first-order valence-corrected chi connectivity index (χ1v) is 7.56. The fourth-order valence-corrected chi connectivity index (χ4v) is 2.90.